The molecular weight excluding hydrogens is 293 g/mol. The van der Waals surface area contributed by atoms with Crippen molar-refractivity contribution in [2.24, 2.45) is 0 Å². The second-order valence-corrected chi connectivity index (χ2v) is 5.31. The molecule has 1 aromatic heterocycles. The molecule has 0 bridgehead atoms. The van der Waals surface area contributed by atoms with Crippen LogP contribution in [0.2, 0.25) is 5.15 Å². The third-order valence-corrected chi connectivity index (χ3v) is 3.15. The van der Waals surface area contributed by atoms with E-state index in [0.717, 1.165) is 0 Å². The molecule has 2 aromatic rings. The minimum Gasteiger partial charge on any atom is -0.457 e. The van der Waals surface area contributed by atoms with Crippen LogP contribution in [-0.2, 0) is 11.3 Å². The number of rotatable bonds is 4. The molecule has 0 N–H and O–H groups in total. The van der Waals surface area contributed by atoms with Crippen LogP contribution in [0.5, 0.6) is 0 Å². The Balaban J connectivity index is 2.12. The standard InChI is InChI=1S/C16H15ClFNO2/c1-10(2)14-7-12(8-15(17)19-14)16(20)21-9-11-5-3-4-6-13(11)18/h3-8,10H,9H2,1-2H3. The lowest BCUT2D eigenvalue weighted by atomic mass is 10.1. The first-order chi connectivity index (χ1) is 9.97. The monoisotopic (exact) mass is 307 g/mol. The number of aromatic nitrogens is 1. The summed E-state index contributed by atoms with van der Waals surface area (Å²) in [7, 11) is 0. The lowest BCUT2D eigenvalue weighted by Gasteiger charge is -2.09. The summed E-state index contributed by atoms with van der Waals surface area (Å²) in [5.74, 6) is -0.813. The van der Waals surface area contributed by atoms with E-state index in [1.807, 2.05) is 13.8 Å². The third-order valence-electron chi connectivity index (χ3n) is 2.96. The molecule has 0 unspecified atom stereocenters. The van der Waals surface area contributed by atoms with Gasteiger partial charge in [0.05, 0.1) is 5.56 Å². The summed E-state index contributed by atoms with van der Waals surface area (Å²) in [4.78, 5) is 16.2. The number of benzene rings is 1. The molecule has 3 nitrogen and oxygen atoms in total. The smallest absolute Gasteiger partial charge is 0.338 e. The number of ether oxygens (including phenoxy) is 1. The molecule has 0 radical (unpaired) electrons. The van der Waals surface area contributed by atoms with Gasteiger partial charge in [-0.3, -0.25) is 0 Å². The van der Waals surface area contributed by atoms with Crippen LogP contribution in [0.4, 0.5) is 4.39 Å². The van der Waals surface area contributed by atoms with Gasteiger partial charge in [0.25, 0.3) is 0 Å². The van der Waals surface area contributed by atoms with E-state index in [4.69, 9.17) is 16.3 Å². The Bertz CT molecular complexity index is 658. The van der Waals surface area contributed by atoms with Gasteiger partial charge in [-0.05, 0) is 24.1 Å². The van der Waals surface area contributed by atoms with Gasteiger partial charge in [0.2, 0.25) is 0 Å². The van der Waals surface area contributed by atoms with E-state index in [1.165, 1.54) is 12.1 Å². The molecule has 1 aromatic carbocycles. The molecule has 5 heteroatoms. The van der Waals surface area contributed by atoms with E-state index in [2.05, 4.69) is 4.98 Å². The Morgan fingerprint density at radius 2 is 2.05 bits per heavy atom. The van der Waals surface area contributed by atoms with Crippen molar-refractivity contribution in [3.05, 3.63) is 64.2 Å². The normalized spacial score (nSPS) is 10.7. The summed E-state index contributed by atoms with van der Waals surface area (Å²) < 4.78 is 18.6. The number of pyridine rings is 1. The Kier molecular flexibility index (Phi) is 4.91. The maximum absolute atomic E-state index is 13.5. The second-order valence-electron chi connectivity index (χ2n) is 4.93. The quantitative estimate of drug-likeness (QED) is 0.622. The van der Waals surface area contributed by atoms with E-state index in [0.29, 0.717) is 16.8 Å². The molecule has 2 rings (SSSR count). The van der Waals surface area contributed by atoms with E-state index < -0.39 is 11.8 Å². The summed E-state index contributed by atoms with van der Waals surface area (Å²) >= 11 is 5.90. The van der Waals surface area contributed by atoms with Crippen molar-refractivity contribution < 1.29 is 13.9 Å². The number of hydrogen-bond donors (Lipinski definition) is 0. The summed E-state index contributed by atoms with van der Waals surface area (Å²) in [5.41, 5.74) is 1.35. The first kappa shape index (κ1) is 15.4. The first-order valence-corrected chi connectivity index (χ1v) is 6.93. The van der Waals surface area contributed by atoms with Gasteiger partial charge in [-0.25, -0.2) is 14.2 Å². The van der Waals surface area contributed by atoms with Crippen molar-refractivity contribution in [1.82, 2.24) is 4.98 Å². The average molecular weight is 308 g/mol. The topological polar surface area (TPSA) is 39.2 Å². The third kappa shape index (κ3) is 4.02. The summed E-state index contributed by atoms with van der Waals surface area (Å²) in [6.45, 7) is 3.78. The zero-order valence-electron chi connectivity index (χ0n) is 11.8. The lowest BCUT2D eigenvalue weighted by Crippen LogP contribution is -2.08. The number of carbonyl (C=O) groups is 1. The molecule has 21 heavy (non-hydrogen) atoms. The van der Waals surface area contributed by atoms with E-state index in [9.17, 15) is 9.18 Å². The molecular formula is C16H15ClFNO2. The number of halogens is 2. The van der Waals surface area contributed by atoms with Crippen LogP contribution in [0.25, 0.3) is 0 Å². The highest BCUT2D eigenvalue weighted by atomic mass is 35.5. The van der Waals surface area contributed by atoms with E-state index in [1.54, 1.807) is 24.3 Å². The largest absolute Gasteiger partial charge is 0.457 e. The lowest BCUT2D eigenvalue weighted by molar-refractivity contribution is 0.0468. The molecule has 110 valence electrons. The van der Waals surface area contributed by atoms with Crippen LogP contribution in [0.15, 0.2) is 36.4 Å². The molecule has 0 fully saturated rings. The number of hydrogen-bond acceptors (Lipinski definition) is 3. The number of esters is 1. The molecule has 1 heterocycles. The van der Waals surface area contributed by atoms with Crippen molar-refractivity contribution in [3.63, 3.8) is 0 Å². The highest BCUT2D eigenvalue weighted by molar-refractivity contribution is 6.29. The predicted octanol–water partition coefficient (Wildman–Crippen LogP) is 4.35. The molecule has 0 aliphatic carbocycles. The Hall–Kier alpha value is -1.94. The van der Waals surface area contributed by atoms with Crippen LogP contribution in [0.1, 0.15) is 41.4 Å². The molecule has 0 saturated heterocycles. The van der Waals surface area contributed by atoms with E-state index >= 15 is 0 Å². The summed E-state index contributed by atoms with van der Waals surface area (Å²) in [6, 6.07) is 9.24. The van der Waals surface area contributed by atoms with Crippen LogP contribution in [0.3, 0.4) is 0 Å². The molecule has 0 aliphatic rings. The Morgan fingerprint density at radius 1 is 1.33 bits per heavy atom. The van der Waals surface area contributed by atoms with Gasteiger partial charge in [0.15, 0.2) is 0 Å². The van der Waals surface area contributed by atoms with Gasteiger partial charge in [-0.15, -0.1) is 0 Å². The van der Waals surface area contributed by atoms with Gasteiger partial charge >= 0.3 is 5.97 Å². The van der Waals surface area contributed by atoms with Gasteiger partial charge in [0, 0.05) is 11.3 Å². The van der Waals surface area contributed by atoms with E-state index in [-0.39, 0.29) is 17.7 Å². The molecule has 0 atom stereocenters. The fraction of sp³-hybridized carbons (Fsp3) is 0.250. The minimum absolute atomic E-state index is 0.123. The van der Waals surface area contributed by atoms with Crippen LogP contribution in [0, 0.1) is 5.82 Å². The highest BCUT2D eigenvalue weighted by Gasteiger charge is 2.13. The molecule has 0 aliphatic heterocycles. The molecule has 0 amide bonds. The summed E-state index contributed by atoms with van der Waals surface area (Å²) in [5, 5.41) is 0.235. The maximum Gasteiger partial charge on any atom is 0.338 e. The van der Waals surface area contributed by atoms with Gasteiger partial charge in [-0.2, -0.15) is 0 Å². The Morgan fingerprint density at radius 3 is 2.71 bits per heavy atom. The average Bonchev–Trinajstić information content (AvgIpc) is 2.45. The molecule has 0 saturated carbocycles. The van der Waals surface area contributed by atoms with Gasteiger partial charge < -0.3 is 4.74 Å². The Labute approximate surface area is 127 Å². The molecule has 0 spiro atoms. The number of nitrogens with zero attached hydrogens (tertiary/aromatic N) is 1. The van der Waals surface area contributed by atoms with Crippen molar-refractivity contribution >= 4 is 17.6 Å². The first-order valence-electron chi connectivity index (χ1n) is 6.55. The fourth-order valence-electron chi connectivity index (χ4n) is 1.77. The van der Waals surface area contributed by atoms with Crippen molar-refractivity contribution in [2.75, 3.05) is 0 Å². The minimum atomic E-state index is -0.551. The predicted molar refractivity (Wildman–Crippen MR) is 78.9 cm³/mol. The van der Waals surface area contributed by atoms with Crippen LogP contribution in [-0.4, -0.2) is 11.0 Å². The van der Waals surface area contributed by atoms with Gasteiger partial charge in [0.1, 0.15) is 17.6 Å². The van der Waals surface area contributed by atoms with Crippen molar-refractivity contribution in [3.8, 4) is 0 Å². The fourth-order valence-corrected chi connectivity index (χ4v) is 1.99. The highest BCUT2D eigenvalue weighted by Crippen LogP contribution is 2.19. The van der Waals surface area contributed by atoms with Crippen LogP contribution >= 0.6 is 11.6 Å². The summed E-state index contributed by atoms with van der Waals surface area (Å²) in [6.07, 6.45) is 0. The zero-order valence-corrected chi connectivity index (χ0v) is 12.5. The zero-order chi connectivity index (χ0) is 15.4. The SMILES string of the molecule is CC(C)c1cc(C(=O)OCc2ccccc2F)cc(Cl)n1. The van der Waals surface area contributed by atoms with Gasteiger partial charge in [-0.1, -0.05) is 43.6 Å². The second kappa shape index (κ2) is 6.68. The van der Waals surface area contributed by atoms with Crippen LogP contribution < -0.4 is 0 Å². The van der Waals surface area contributed by atoms with Crippen molar-refractivity contribution in [1.29, 1.82) is 0 Å². The maximum atomic E-state index is 13.5. The van der Waals surface area contributed by atoms with Crippen molar-refractivity contribution in [2.45, 2.75) is 26.4 Å². The number of carbonyl (C=O) groups excluding carboxylic acids is 1.